The lowest BCUT2D eigenvalue weighted by atomic mass is 10.2. The normalized spacial score (nSPS) is 9.40. The van der Waals surface area contributed by atoms with E-state index in [0.717, 1.165) is 5.56 Å². The van der Waals surface area contributed by atoms with Crippen LogP contribution in [0, 0.1) is 0 Å². The Bertz CT molecular complexity index is 359. The van der Waals surface area contributed by atoms with E-state index in [9.17, 15) is 9.59 Å². The van der Waals surface area contributed by atoms with Crippen LogP contribution in [0.15, 0.2) is 24.3 Å². The first kappa shape index (κ1) is 11.0. The average Bonchev–Trinajstić information content (AvgIpc) is 2.26. The van der Waals surface area contributed by atoms with Gasteiger partial charge in [-0.25, -0.2) is 0 Å². The summed E-state index contributed by atoms with van der Waals surface area (Å²) in [6, 6.07) is 6.36. The molecule has 80 valence electrons. The fourth-order valence-electron chi connectivity index (χ4n) is 0.990. The molecule has 0 aliphatic rings. The summed E-state index contributed by atoms with van der Waals surface area (Å²) in [6.07, 6.45) is 0. The number of rotatable bonds is 2. The van der Waals surface area contributed by atoms with Crippen molar-refractivity contribution in [3.8, 4) is 5.75 Å². The van der Waals surface area contributed by atoms with Crippen LogP contribution in [0.1, 0.15) is 5.56 Å². The zero-order valence-electron chi connectivity index (χ0n) is 8.28. The Labute approximate surface area is 87.1 Å². The summed E-state index contributed by atoms with van der Waals surface area (Å²) in [4.78, 5) is 21.9. The predicted octanol–water partition coefficient (Wildman–Crippen LogP) is -0.246. The molecule has 1 aromatic rings. The average molecular weight is 208 g/mol. The molecular formula is C10H12N2O3. The first-order chi connectivity index (χ1) is 7.13. The van der Waals surface area contributed by atoms with Gasteiger partial charge in [-0.3, -0.25) is 9.59 Å². The largest absolute Gasteiger partial charge is 0.508 e. The molecule has 1 aromatic carbocycles. The quantitative estimate of drug-likeness (QED) is 0.587. The van der Waals surface area contributed by atoms with Gasteiger partial charge in [0.25, 0.3) is 0 Å². The lowest BCUT2D eigenvalue weighted by molar-refractivity contribution is -0.139. The molecule has 0 fully saturated rings. The molecule has 5 nitrogen and oxygen atoms in total. The Hall–Kier alpha value is -2.04. The number of carbonyl (C=O) groups is 2. The second kappa shape index (κ2) is 4.99. The molecule has 0 saturated heterocycles. The molecule has 0 radical (unpaired) electrons. The maximum atomic E-state index is 11.0. The highest BCUT2D eigenvalue weighted by Crippen LogP contribution is 2.08. The van der Waals surface area contributed by atoms with Crippen molar-refractivity contribution in [3.05, 3.63) is 29.8 Å². The Balaban J connectivity index is 2.47. The molecule has 0 atom stereocenters. The van der Waals surface area contributed by atoms with Crippen LogP contribution in [0.5, 0.6) is 5.75 Å². The van der Waals surface area contributed by atoms with E-state index >= 15 is 0 Å². The molecule has 0 bridgehead atoms. The second-order valence-corrected chi connectivity index (χ2v) is 2.93. The summed E-state index contributed by atoms with van der Waals surface area (Å²) in [5, 5.41) is 13.7. The monoisotopic (exact) mass is 208 g/mol. The molecule has 15 heavy (non-hydrogen) atoms. The van der Waals surface area contributed by atoms with Crippen LogP contribution in [0.3, 0.4) is 0 Å². The van der Waals surface area contributed by atoms with Gasteiger partial charge in [0.2, 0.25) is 0 Å². The minimum absolute atomic E-state index is 0.163. The van der Waals surface area contributed by atoms with E-state index < -0.39 is 11.8 Å². The molecular weight excluding hydrogens is 196 g/mol. The van der Waals surface area contributed by atoms with E-state index in [0.29, 0.717) is 0 Å². The number of carbonyl (C=O) groups excluding carboxylic acids is 2. The van der Waals surface area contributed by atoms with Gasteiger partial charge in [0.1, 0.15) is 5.75 Å². The molecule has 5 heteroatoms. The maximum absolute atomic E-state index is 11.0. The van der Waals surface area contributed by atoms with Crippen molar-refractivity contribution < 1.29 is 14.7 Å². The number of phenolic OH excluding ortho intramolecular Hbond substituents is 1. The third-order valence-electron chi connectivity index (χ3n) is 1.82. The van der Waals surface area contributed by atoms with E-state index in [2.05, 4.69) is 10.6 Å². The molecule has 0 aliphatic carbocycles. The minimum Gasteiger partial charge on any atom is -0.508 e. The summed E-state index contributed by atoms with van der Waals surface area (Å²) in [7, 11) is 1.39. The zero-order valence-corrected chi connectivity index (χ0v) is 8.28. The van der Waals surface area contributed by atoms with Gasteiger partial charge in [-0.2, -0.15) is 0 Å². The van der Waals surface area contributed by atoms with Gasteiger partial charge in [0.15, 0.2) is 0 Å². The first-order valence-corrected chi connectivity index (χ1v) is 4.41. The molecule has 2 amide bonds. The smallest absolute Gasteiger partial charge is 0.309 e. The van der Waals surface area contributed by atoms with Gasteiger partial charge in [-0.15, -0.1) is 0 Å². The maximum Gasteiger partial charge on any atom is 0.309 e. The highest BCUT2D eigenvalue weighted by Gasteiger charge is 2.09. The van der Waals surface area contributed by atoms with E-state index in [-0.39, 0.29) is 12.3 Å². The molecule has 3 N–H and O–H groups in total. The number of phenols is 1. The van der Waals surface area contributed by atoms with Crippen LogP contribution < -0.4 is 10.6 Å². The lowest BCUT2D eigenvalue weighted by Gasteiger charge is -2.03. The van der Waals surface area contributed by atoms with Gasteiger partial charge >= 0.3 is 11.8 Å². The van der Waals surface area contributed by atoms with Gasteiger partial charge < -0.3 is 15.7 Å². The van der Waals surface area contributed by atoms with Crippen molar-refractivity contribution in [2.45, 2.75) is 6.54 Å². The van der Waals surface area contributed by atoms with Crippen LogP contribution >= 0.6 is 0 Å². The van der Waals surface area contributed by atoms with Crippen LogP contribution in [0.2, 0.25) is 0 Å². The summed E-state index contributed by atoms with van der Waals surface area (Å²) < 4.78 is 0. The molecule has 0 spiro atoms. The predicted molar refractivity (Wildman–Crippen MR) is 54.0 cm³/mol. The highest BCUT2D eigenvalue weighted by molar-refractivity contribution is 6.34. The van der Waals surface area contributed by atoms with E-state index in [4.69, 9.17) is 5.11 Å². The SMILES string of the molecule is CNC(=O)C(=O)NCc1ccc(O)cc1. The number of aromatic hydroxyl groups is 1. The molecule has 1 rings (SSSR count). The van der Waals surface area contributed by atoms with Crippen LogP contribution in [0.4, 0.5) is 0 Å². The summed E-state index contributed by atoms with van der Waals surface area (Å²) in [5.74, 6) is -1.18. The van der Waals surface area contributed by atoms with Gasteiger partial charge in [-0.05, 0) is 17.7 Å². The molecule has 0 heterocycles. The Morgan fingerprint density at radius 3 is 2.33 bits per heavy atom. The van der Waals surface area contributed by atoms with E-state index in [1.54, 1.807) is 12.1 Å². The minimum atomic E-state index is -0.675. The van der Waals surface area contributed by atoms with E-state index in [1.165, 1.54) is 19.2 Å². The van der Waals surface area contributed by atoms with Crippen LogP contribution in [-0.2, 0) is 16.1 Å². The van der Waals surface area contributed by atoms with Crippen molar-refractivity contribution in [1.29, 1.82) is 0 Å². The number of amides is 2. The van der Waals surface area contributed by atoms with Gasteiger partial charge in [-0.1, -0.05) is 12.1 Å². The highest BCUT2D eigenvalue weighted by atomic mass is 16.3. The Morgan fingerprint density at radius 2 is 1.80 bits per heavy atom. The van der Waals surface area contributed by atoms with Gasteiger partial charge in [0, 0.05) is 13.6 Å². The van der Waals surface area contributed by atoms with Crippen LogP contribution in [-0.4, -0.2) is 24.0 Å². The van der Waals surface area contributed by atoms with Crippen molar-refractivity contribution in [2.24, 2.45) is 0 Å². The third-order valence-corrected chi connectivity index (χ3v) is 1.82. The number of benzene rings is 1. The third kappa shape index (κ3) is 3.30. The number of nitrogens with one attached hydrogen (secondary N) is 2. The lowest BCUT2D eigenvalue weighted by Crippen LogP contribution is -2.37. The fraction of sp³-hybridized carbons (Fsp3) is 0.200. The Morgan fingerprint density at radius 1 is 1.20 bits per heavy atom. The Kier molecular flexibility index (Phi) is 3.68. The molecule has 0 aliphatic heterocycles. The molecule has 0 saturated carbocycles. The van der Waals surface area contributed by atoms with Crippen molar-refractivity contribution in [2.75, 3.05) is 7.05 Å². The number of hydrogen-bond acceptors (Lipinski definition) is 3. The number of likely N-dealkylation sites (N-methyl/N-ethyl adjacent to an activating group) is 1. The first-order valence-electron chi connectivity index (χ1n) is 4.41. The van der Waals surface area contributed by atoms with Gasteiger partial charge in [0.05, 0.1) is 0 Å². The second-order valence-electron chi connectivity index (χ2n) is 2.93. The van der Waals surface area contributed by atoms with Crippen molar-refractivity contribution >= 4 is 11.8 Å². The fourth-order valence-corrected chi connectivity index (χ4v) is 0.990. The molecule has 0 unspecified atom stereocenters. The summed E-state index contributed by atoms with van der Waals surface area (Å²) >= 11 is 0. The topological polar surface area (TPSA) is 78.4 Å². The summed E-state index contributed by atoms with van der Waals surface area (Å²) in [6.45, 7) is 0.256. The summed E-state index contributed by atoms with van der Waals surface area (Å²) in [5.41, 5.74) is 0.810. The standard InChI is InChI=1S/C10H12N2O3/c1-11-9(14)10(15)12-6-7-2-4-8(13)5-3-7/h2-5,13H,6H2,1H3,(H,11,14)(H,12,15). The van der Waals surface area contributed by atoms with Crippen molar-refractivity contribution in [3.63, 3.8) is 0 Å². The zero-order chi connectivity index (χ0) is 11.3. The van der Waals surface area contributed by atoms with Crippen LogP contribution in [0.25, 0.3) is 0 Å². The van der Waals surface area contributed by atoms with E-state index in [1.807, 2.05) is 0 Å². The van der Waals surface area contributed by atoms with Crippen molar-refractivity contribution in [1.82, 2.24) is 10.6 Å². The number of hydrogen-bond donors (Lipinski definition) is 3. The molecule has 0 aromatic heterocycles.